The average Bonchev–Trinajstić information content (AvgIpc) is 2.14. The second-order valence-corrected chi connectivity index (χ2v) is 4.84. The highest BCUT2D eigenvalue weighted by atomic mass is 127. The monoisotopic (exact) mass is 305 g/mol. The lowest BCUT2D eigenvalue weighted by Gasteiger charge is -2.20. The van der Waals surface area contributed by atoms with Gasteiger partial charge in [-0.25, -0.2) is 0 Å². The molecular formula is C11H16INO. The largest absolute Gasteiger partial charge is 0.489 e. The molecule has 1 unspecified atom stereocenters. The molecule has 0 saturated heterocycles. The van der Waals surface area contributed by atoms with Gasteiger partial charge < -0.3 is 10.5 Å². The Balaban J connectivity index is 2.67. The summed E-state index contributed by atoms with van der Waals surface area (Å²) in [6.07, 6.45) is 0.105. The topological polar surface area (TPSA) is 35.2 Å². The highest BCUT2D eigenvalue weighted by Gasteiger charge is 2.12. The first-order valence-corrected chi connectivity index (χ1v) is 5.83. The van der Waals surface area contributed by atoms with Crippen molar-refractivity contribution in [2.24, 2.45) is 11.7 Å². The Hall–Kier alpha value is -0.290. The molecule has 0 saturated carbocycles. The number of hydrogen-bond acceptors (Lipinski definition) is 2. The summed E-state index contributed by atoms with van der Waals surface area (Å²) in [5.41, 5.74) is 5.63. The highest BCUT2D eigenvalue weighted by molar-refractivity contribution is 14.1. The highest BCUT2D eigenvalue weighted by Crippen LogP contribution is 2.18. The van der Waals surface area contributed by atoms with Crippen molar-refractivity contribution < 1.29 is 4.74 Å². The first-order chi connectivity index (χ1) is 6.63. The number of hydrogen-bond donors (Lipinski definition) is 1. The lowest BCUT2D eigenvalue weighted by molar-refractivity contribution is 0.159. The van der Waals surface area contributed by atoms with Gasteiger partial charge in [-0.15, -0.1) is 0 Å². The molecule has 14 heavy (non-hydrogen) atoms. The second-order valence-electron chi connectivity index (χ2n) is 3.59. The molecular weight excluding hydrogens is 289 g/mol. The maximum Gasteiger partial charge on any atom is 0.120 e. The lowest BCUT2D eigenvalue weighted by atomic mass is 10.1. The summed E-state index contributed by atoms with van der Waals surface area (Å²) in [5, 5.41) is 0. The van der Waals surface area contributed by atoms with E-state index in [9.17, 15) is 0 Å². The van der Waals surface area contributed by atoms with Gasteiger partial charge in [-0.3, -0.25) is 0 Å². The summed E-state index contributed by atoms with van der Waals surface area (Å²) in [5.74, 6) is 1.35. The summed E-state index contributed by atoms with van der Waals surface area (Å²) in [6.45, 7) is 4.79. The van der Waals surface area contributed by atoms with E-state index in [1.165, 1.54) is 3.57 Å². The summed E-state index contributed by atoms with van der Waals surface area (Å²) in [7, 11) is 0. The van der Waals surface area contributed by atoms with Gasteiger partial charge in [0.15, 0.2) is 0 Å². The minimum absolute atomic E-state index is 0.105. The molecule has 1 aromatic carbocycles. The van der Waals surface area contributed by atoms with E-state index in [0.717, 1.165) is 5.75 Å². The second kappa shape index (κ2) is 5.56. The summed E-state index contributed by atoms with van der Waals surface area (Å²) >= 11 is 2.27. The van der Waals surface area contributed by atoms with E-state index in [1.807, 2.05) is 24.3 Å². The Bertz CT molecular complexity index is 288. The smallest absolute Gasteiger partial charge is 0.120 e. The third-order valence-electron chi connectivity index (χ3n) is 2.06. The van der Waals surface area contributed by atoms with Crippen molar-refractivity contribution in [1.82, 2.24) is 0 Å². The van der Waals surface area contributed by atoms with Crippen LogP contribution in [-0.4, -0.2) is 12.6 Å². The Morgan fingerprint density at radius 3 is 2.64 bits per heavy atom. The van der Waals surface area contributed by atoms with Crippen LogP contribution in [0.3, 0.4) is 0 Å². The average molecular weight is 305 g/mol. The normalized spacial score (nSPS) is 12.9. The van der Waals surface area contributed by atoms with E-state index in [1.54, 1.807) is 0 Å². The molecule has 0 fully saturated rings. The zero-order valence-electron chi connectivity index (χ0n) is 8.53. The molecule has 0 amide bonds. The molecule has 78 valence electrons. The van der Waals surface area contributed by atoms with Crippen LogP contribution >= 0.6 is 22.6 Å². The molecule has 2 N–H and O–H groups in total. The lowest BCUT2D eigenvalue weighted by Crippen LogP contribution is -2.31. The van der Waals surface area contributed by atoms with Gasteiger partial charge in [0.05, 0.1) is 0 Å². The molecule has 0 radical (unpaired) electrons. The summed E-state index contributed by atoms with van der Waals surface area (Å²) in [4.78, 5) is 0. The number of benzene rings is 1. The molecule has 1 aromatic rings. The Labute approximate surface area is 99.0 Å². The zero-order chi connectivity index (χ0) is 10.6. The molecule has 1 atom stereocenters. The standard InChI is InChI=1S/C11H16INO/c1-8(2)11(7-13)14-10-5-3-4-9(12)6-10/h3-6,8,11H,7,13H2,1-2H3. The van der Waals surface area contributed by atoms with E-state index in [2.05, 4.69) is 36.4 Å². The van der Waals surface area contributed by atoms with Crippen LogP contribution in [0.25, 0.3) is 0 Å². The van der Waals surface area contributed by atoms with Crippen molar-refractivity contribution in [3.05, 3.63) is 27.8 Å². The molecule has 0 bridgehead atoms. The van der Waals surface area contributed by atoms with Crippen LogP contribution in [0, 0.1) is 9.49 Å². The van der Waals surface area contributed by atoms with Crippen molar-refractivity contribution in [2.45, 2.75) is 20.0 Å². The maximum absolute atomic E-state index is 5.78. The number of nitrogens with two attached hydrogens (primary N) is 1. The van der Waals surface area contributed by atoms with Crippen LogP contribution in [0.1, 0.15) is 13.8 Å². The molecule has 0 heterocycles. The van der Waals surface area contributed by atoms with Crippen molar-refractivity contribution in [3.63, 3.8) is 0 Å². The van der Waals surface area contributed by atoms with Gasteiger partial charge in [0.2, 0.25) is 0 Å². The minimum atomic E-state index is 0.105. The molecule has 0 aliphatic heterocycles. The van der Waals surface area contributed by atoms with Gasteiger partial charge >= 0.3 is 0 Å². The Morgan fingerprint density at radius 1 is 1.43 bits per heavy atom. The van der Waals surface area contributed by atoms with Gasteiger partial charge in [0.1, 0.15) is 11.9 Å². The first-order valence-electron chi connectivity index (χ1n) is 4.75. The third-order valence-corrected chi connectivity index (χ3v) is 2.73. The van der Waals surface area contributed by atoms with Crippen LogP contribution in [0.4, 0.5) is 0 Å². The Kier molecular flexibility index (Phi) is 4.68. The number of rotatable bonds is 4. The van der Waals surface area contributed by atoms with Crippen LogP contribution in [0.5, 0.6) is 5.75 Å². The van der Waals surface area contributed by atoms with Gasteiger partial charge in [-0.1, -0.05) is 19.9 Å². The van der Waals surface area contributed by atoms with Gasteiger partial charge in [-0.05, 0) is 46.7 Å². The predicted octanol–water partition coefficient (Wildman–Crippen LogP) is 2.65. The number of halogens is 1. The zero-order valence-corrected chi connectivity index (χ0v) is 10.7. The quantitative estimate of drug-likeness (QED) is 0.868. The van der Waals surface area contributed by atoms with Crippen molar-refractivity contribution in [3.8, 4) is 5.75 Å². The molecule has 0 aromatic heterocycles. The molecule has 1 rings (SSSR count). The van der Waals surface area contributed by atoms with Crippen LogP contribution in [0.2, 0.25) is 0 Å². The van der Waals surface area contributed by atoms with E-state index in [-0.39, 0.29) is 6.10 Å². The van der Waals surface area contributed by atoms with Gasteiger partial charge in [0.25, 0.3) is 0 Å². The molecule has 0 spiro atoms. The predicted molar refractivity (Wildman–Crippen MR) is 67.5 cm³/mol. The van der Waals surface area contributed by atoms with Crippen LogP contribution in [-0.2, 0) is 0 Å². The van der Waals surface area contributed by atoms with E-state index < -0.39 is 0 Å². The molecule has 0 aliphatic rings. The fraction of sp³-hybridized carbons (Fsp3) is 0.455. The van der Waals surface area contributed by atoms with E-state index >= 15 is 0 Å². The minimum Gasteiger partial charge on any atom is -0.489 e. The van der Waals surface area contributed by atoms with Gasteiger partial charge in [0, 0.05) is 10.1 Å². The van der Waals surface area contributed by atoms with Crippen molar-refractivity contribution in [2.75, 3.05) is 6.54 Å². The fourth-order valence-electron chi connectivity index (χ4n) is 1.17. The number of ether oxygens (including phenoxy) is 1. The van der Waals surface area contributed by atoms with Crippen LogP contribution in [0.15, 0.2) is 24.3 Å². The SMILES string of the molecule is CC(C)C(CN)Oc1cccc(I)c1. The van der Waals surface area contributed by atoms with Crippen molar-refractivity contribution >= 4 is 22.6 Å². The van der Waals surface area contributed by atoms with E-state index in [4.69, 9.17) is 10.5 Å². The molecule has 2 nitrogen and oxygen atoms in total. The molecule has 3 heteroatoms. The van der Waals surface area contributed by atoms with Crippen molar-refractivity contribution in [1.29, 1.82) is 0 Å². The van der Waals surface area contributed by atoms with E-state index in [0.29, 0.717) is 12.5 Å². The summed E-state index contributed by atoms with van der Waals surface area (Å²) < 4.78 is 6.96. The van der Waals surface area contributed by atoms with Gasteiger partial charge in [-0.2, -0.15) is 0 Å². The fourth-order valence-corrected chi connectivity index (χ4v) is 1.69. The third kappa shape index (κ3) is 3.46. The maximum atomic E-state index is 5.78. The van der Waals surface area contributed by atoms with Crippen LogP contribution < -0.4 is 10.5 Å². The Morgan fingerprint density at radius 2 is 2.14 bits per heavy atom. The first kappa shape index (κ1) is 11.8. The molecule has 0 aliphatic carbocycles. The summed E-state index contributed by atoms with van der Waals surface area (Å²) in [6, 6.07) is 8.02.